The lowest BCUT2D eigenvalue weighted by Crippen LogP contribution is -2.36. The van der Waals surface area contributed by atoms with Crippen molar-refractivity contribution in [3.8, 4) is 0 Å². The molecule has 0 radical (unpaired) electrons. The summed E-state index contributed by atoms with van der Waals surface area (Å²) in [6, 6.07) is 1.86. The Morgan fingerprint density at radius 1 is 1.50 bits per heavy atom. The van der Waals surface area contributed by atoms with Crippen LogP contribution in [0.15, 0.2) is 23.6 Å². The highest BCUT2D eigenvalue weighted by molar-refractivity contribution is 6.39. The highest BCUT2D eigenvalue weighted by Crippen LogP contribution is 2.05. The van der Waals surface area contributed by atoms with Crippen molar-refractivity contribution in [1.29, 1.82) is 0 Å². The molecule has 2 N–H and O–H groups in total. The third-order valence-electron chi connectivity index (χ3n) is 2.74. The van der Waals surface area contributed by atoms with Gasteiger partial charge in [-0.3, -0.25) is 14.6 Å². The average Bonchev–Trinajstić information content (AvgIpc) is 2.38. The van der Waals surface area contributed by atoms with Crippen molar-refractivity contribution in [3.63, 3.8) is 0 Å². The van der Waals surface area contributed by atoms with Crippen LogP contribution in [0.2, 0.25) is 0 Å². The summed E-state index contributed by atoms with van der Waals surface area (Å²) < 4.78 is 0. The maximum Gasteiger partial charge on any atom is 0.267 e. The molecule has 6 nitrogen and oxygen atoms in total. The highest BCUT2D eigenvalue weighted by atomic mass is 16.2. The summed E-state index contributed by atoms with van der Waals surface area (Å²) in [7, 11) is 0. The zero-order valence-electron chi connectivity index (χ0n) is 10.1. The first-order valence-electron chi connectivity index (χ1n) is 5.70. The lowest BCUT2D eigenvalue weighted by molar-refractivity contribution is -0.121. The number of hydrazone groups is 1. The van der Waals surface area contributed by atoms with E-state index >= 15 is 0 Å². The number of carbonyl (C=O) groups is 2. The minimum Gasteiger partial charge on any atom is -0.347 e. The van der Waals surface area contributed by atoms with E-state index in [2.05, 4.69) is 20.8 Å². The van der Waals surface area contributed by atoms with Gasteiger partial charge in [-0.15, -0.1) is 0 Å². The van der Waals surface area contributed by atoms with Gasteiger partial charge in [-0.2, -0.15) is 5.10 Å². The predicted octanol–water partition coefficient (Wildman–Crippen LogP) is 0.272. The zero-order valence-corrected chi connectivity index (χ0v) is 10.1. The van der Waals surface area contributed by atoms with E-state index in [-0.39, 0.29) is 11.8 Å². The number of hydrogen-bond acceptors (Lipinski definition) is 4. The van der Waals surface area contributed by atoms with Crippen LogP contribution in [0.5, 0.6) is 0 Å². The standard InChI is InChI=1S/C12H14N4O2/c1-8-6-13-5-4-9(8)7-14-12(18)10-2-3-11(17)16-15-10/h4-6H,2-3,7H2,1H3,(H,14,18)(H,16,17). The monoisotopic (exact) mass is 246 g/mol. The quantitative estimate of drug-likeness (QED) is 0.803. The number of aryl methyl sites for hydroxylation is 1. The second kappa shape index (κ2) is 5.39. The van der Waals surface area contributed by atoms with Crippen LogP contribution in [0.3, 0.4) is 0 Å². The lowest BCUT2D eigenvalue weighted by Gasteiger charge is -2.12. The third kappa shape index (κ3) is 2.91. The Hall–Kier alpha value is -2.24. The second-order valence-corrected chi connectivity index (χ2v) is 4.08. The summed E-state index contributed by atoms with van der Waals surface area (Å²) in [6.07, 6.45) is 4.13. The topological polar surface area (TPSA) is 83.4 Å². The zero-order chi connectivity index (χ0) is 13.0. The molecular weight excluding hydrogens is 232 g/mol. The van der Waals surface area contributed by atoms with Crippen molar-refractivity contribution in [2.24, 2.45) is 5.10 Å². The molecule has 1 aromatic heterocycles. The summed E-state index contributed by atoms with van der Waals surface area (Å²) in [4.78, 5) is 26.7. The molecule has 94 valence electrons. The van der Waals surface area contributed by atoms with Gasteiger partial charge in [0, 0.05) is 31.8 Å². The maximum absolute atomic E-state index is 11.8. The average molecular weight is 246 g/mol. The number of aromatic nitrogens is 1. The van der Waals surface area contributed by atoms with Gasteiger partial charge in [0.25, 0.3) is 5.91 Å². The summed E-state index contributed by atoms with van der Waals surface area (Å²) in [5.41, 5.74) is 4.70. The van der Waals surface area contributed by atoms with E-state index in [1.165, 1.54) is 0 Å². The van der Waals surface area contributed by atoms with Gasteiger partial charge in [-0.05, 0) is 24.1 Å². The Balaban J connectivity index is 1.93. The summed E-state index contributed by atoms with van der Waals surface area (Å²) in [5.74, 6) is -0.400. The van der Waals surface area contributed by atoms with E-state index < -0.39 is 0 Å². The molecule has 2 rings (SSSR count). The third-order valence-corrected chi connectivity index (χ3v) is 2.74. The molecule has 2 heterocycles. The van der Waals surface area contributed by atoms with Gasteiger partial charge in [0.1, 0.15) is 5.71 Å². The van der Waals surface area contributed by atoms with Crippen LogP contribution in [0, 0.1) is 6.92 Å². The van der Waals surface area contributed by atoms with Crippen LogP contribution < -0.4 is 10.7 Å². The van der Waals surface area contributed by atoms with Gasteiger partial charge in [-0.1, -0.05) is 0 Å². The van der Waals surface area contributed by atoms with Gasteiger partial charge in [0.05, 0.1) is 0 Å². The van der Waals surface area contributed by atoms with Crippen molar-refractivity contribution in [3.05, 3.63) is 29.6 Å². The SMILES string of the molecule is Cc1cnccc1CNC(=O)C1=NNC(=O)CC1. The molecule has 18 heavy (non-hydrogen) atoms. The minimum atomic E-state index is -0.244. The molecule has 0 fully saturated rings. The fraction of sp³-hybridized carbons (Fsp3) is 0.333. The van der Waals surface area contributed by atoms with Crippen molar-refractivity contribution < 1.29 is 9.59 Å². The fourth-order valence-electron chi connectivity index (χ4n) is 1.62. The summed E-state index contributed by atoms with van der Waals surface area (Å²) in [6.45, 7) is 2.37. The number of carbonyl (C=O) groups excluding carboxylic acids is 2. The normalized spacial score (nSPS) is 14.7. The van der Waals surface area contributed by atoms with Gasteiger partial charge in [0.2, 0.25) is 5.91 Å². The molecule has 6 heteroatoms. The predicted molar refractivity (Wildman–Crippen MR) is 65.6 cm³/mol. The first-order chi connectivity index (χ1) is 8.66. The molecule has 0 unspecified atom stereocenters. The molecule has 1 aromatic rings. The van der Waals surface area contributed by atoms with Gasteiger partial charge >= 0.3 is 0 Å². The molecule has 0 saturated carbocycles. The molecule has 1 aliphatic heterocycles. The summed E-state index contributed by atoms with van der Waals surface area (Å²) >= 11 is 0. The van der Waals surface area contributed by atoms with Crippen molar-refractivity contribution in [1.82, 2.24) is 15.7 Å². The van der Waals surface area contributed by atoms with E-state index in [0.717, 1.165) is 11.1 Å². The van der Waals surface area contributed by atoms with Crippen molar-refractivity contribution >= 4 is 17.5 Å². The number of pyridine rings is 1. The Morgan fingerprint density at radius 2 is 2.33 bits per heavy atom. The second-order valence-electron chi connectivity index (χ2n) is 4.08. The van der Waals surface area contributed by atoms with E-state index in [9.17, 15) is 9.59 Å². The van der Waals surface area contributed by atoms with Gasteiger partial charge in [0.15, 0.2) is 0 Å². The number of nitrogens with one attached hydrogen (secondary N) is 2. The smallest absolute Gasteiger partial charge is 0.267 e. The molecule has 0 aromatic carbocycles. The van der Waals surface area contributed by atoms with Gasteiger partial charge in [-0.25, -0.2) is 5.43 Å². The molecular formula is C12H14N4O2. The van der Waals surface area contributed by atoms with Crippen LogP contribution >= 0.6 is 0 Å². The molecule has 0 spiro atoms. The van der Waals surface area contributed by atoms with Crippen LogP contribution in [0.1, 0.15) is 24.0 Å². The molecule has 0 atom stereocenters. The van der Waals surface area contributed by atoms with Crippen LogP contribution in [-0.2, 0) is 16.1 Å². The van der Waals surface area contributed by atoms with Gasteiger partial charge < -0.3 is 5.32 Å². The lowest BCUT2D eigenvalue weighted by atomic mass is 10.1. The number of nitrogens with zero attached hydrogens (tertiary/aromatic N) is 2. The molecule has 1 aliphatic rings. The van der Waals surface area contributed by atoms with E-state index in [1.807, 2.05) is 13.0 Å². The van der Waals surface area contributed by atoms with Crippen LogP contribution in [0.25, 0.3) is 0 Å². The first-order valence-corrected chi connectivity index (χ1v) is 5.70. The van der Waals surface area contributed by atoms with Crippen molar-refractivity contribution in [2.75, 3.05) is 0 Å². The Bertz CT molecular complexity index is 511. The summed E-state index contributed by atoms with van der Waals surface area (Å²) in [5, 5.41) is 6.51. The van der Waals surface area contributed by atoms with Crippen LogP contribution in [0.4, 0.5) is 0 Å². The Morgan fingerprint density at radius 3 is 3.00 bits per heavy atom. The van der Waals surface area contributed by atoms with Crippen LogP contribution in [-0.4, -0.2) is 22.5 Å². The molecule has 2 amide bonds. The number of hydrogen-bond donors (Lipinski definition) is 2. The Kier molecular flexibility index (Phi) is 3.66. The minimum absolute atomic E-state index is 0.156. The Labute approximate surface area is 104 Å². The number of amides is 2. The largest absolute Gasteiger partial charge is 0.347 e. The first kappa shape index (κ1) is 12.2. The fourth-order valence-corrected chi connectivity index (χ4v) is 1.62. The molecule has 0 aliphatic carbocycles. The number of rotatable bonds is 3. The highest BCUT2D eigenvalue weighted by Gasteiger charge is 2.17. The van der Waals surface area contributed by atoms with E-state index in [4.69, 9.17) is 0 Å². The van der Waals surface area contributed by atoms with Crippen molar-refractivity contribution in [2.45, 2.75) is 26.3 Å². The maximum atomic E-state index is 11.8. The van der Waals surface area contributed by atoms with E-state index in [0.29, 0.717) is 25.1 Å². The molecule has 0 saturated heterocycles. The van der Waals surface area contributed by atoms with E-state index in [1.54, 1.807) is 12.4 Å². The molecule has 0 bridgehead atoms.